The minimum Gasteiger partial charge on any atom is -0.497 e. The van der Waals surface area contributed by atoms with Gasteiger partial charge in [-0.25, -0.2) is 0 Å². The lowest BCUT2D eigenvalue weighted by Crippen LogP contribution is -1.97. The largest absolute Gasteiger partial charge is 0.497 e. The van der Waals surface area contributed by atoms with Crippen molar-refractivity contribution in [2.24, 2.45) is 0 Å². The van der Waals surface area contributed by atoms with Crippen molar-refractivity contribution >= 4 is 5.69 Å². The van der Waals surface area contributed by atoms with Gasteiger partial charge in [-0.05, 0) is 24.3 Å². The average molecular weight is 356 g/mol. The minimum atomic E-state index is 0.507. The molecule has 8 nitrogen and oxygen atoms in total. The predicted octanol–water partition coefficient (Wildman–Crippen LogP) is 2.76. The number of nitrogens with zero attached hydrogens (tertiary/aromatic N) is 2. The number of ether oxygens (including phenoxy) is 4. The van der Waals surface area contributed by atoms with E-state index in [9.17, 15) is 0 Å². The van der Waals surface area contributed by atoms with E-state index in [0.29, 0.717) is 40.1 Å². The van der Waals surface area contributed by atoms with Crippen LogP contribution >= 0.6 is 0 Å². The zero-order valence-corrected chi connectivity index (χ0v) is 15.0. The van der Waals surface area contributed by atoms with Crippen LogP contribution in [0.15, 0.2) is 30.3 Å². The van der Waals surface area contributed by atoms with Crippen LogP contribution in [0.3, 0.4) is 0 Å². The number of methoxy groups -OCH3 is 4. The first-order valence-electron chi connectivity index (χ1n) is 7.78. The molecule has 0 aliphatic carbocycles. The molecule has 0 saturated heterocycles. The number of anilines is 1. The topological polar surface area (TPSA) is 105 Å². The van der Waals surface area contributed by atoms with E-state index in [1.54, 1.807) is 34.5 Å². The van der Waals surface area contributed by atoms with Crippen LogP contribution in [0, 0.1) is 0 Å². The Morgan fingerprint density at radius 2 is 1.46 bits per heavy atom. The normalized spacial score (nSPS) is 10.5. The molecule has 0 atom stereocenters. The maximum absolute atomic E-state index is 6.16. The Kier molecular flexibility index (Phi) is 4.83. The number of hydrogen-bond donors (Lipinski definition) is 2. The molecule has 3 aromatic rings. The van der Waals surface area contributed by atoms with Crippen LogP contribution in [0.5, 0.6) is 23.0 Å². The van der Waals surface area contributed by atoms with Gasteiger partial charge in [0.2, 0.25) is 5.75 Å². The third-order valence-corrected chi connectivity index (χ3v) is 4.00. The Morgan fingerprint density at radius 3 is 2.00 bits per heavy atom. The summed E-state index contributed by atoms with van der Waals surface area (Å²) in [6.45, 7) is 0. The second-order valence-electron chi connectivity index (χ2n) is 5.39. The standard InChI is InChI=1S/C18H20N4O4/c1-23-11-5-6-12(13(19)9-11)17-16(20-22-21-17)10-7-14(24-2)18(26-4)15(8-10)25-3/h5-9H,19H2,1-4H3,(H,20,21,22). The SMILES string of the molecule is COc1ccc(-c2n[nH]nc2-c2cc(OC)c(OC)c(OC)c2)c(N)c1. The molecule has 8 heteroatoms. The Labute approximate surface area is 150 Å². The van der Waals surface area contributed by atoms with Gasteiger partial charge < -0.3 is 24.7 Å². The molecule has 3 N–H and O–H groups in total. The van der Waals surface area contributed by atoms with Gasteiger partial charge in [-0.3, -0.25) is 0 Å². The highest BCUT2D eigenvalue weighted by molar-refractivity contribution is 5.85. The van der Waals surface area contributed by atoms with E-state index in [4.69, 9.17) is 24.7 Å². The summed E-state index contributed by atoms with van der Waals surface area (Å²) in [6.07, 6.45) is 0. The number of aromatic amines is 1. The van der Waals surface area contributed by atoms with Crippen molar-refractivity contribution in [3.63, 3.8) is 0 Å². The quantitative estimate of drug-likeness (QED) is 0.654. The number of aromatic nitrogens is 3. The van der Waals surface area contributed by atoms with Gasteiger partial charge in [0.05, 0.1) is 28.4 Å². The lowest BCUT2D eigenvalue weighted by atomic mass is 10.0. The molecule has 0 fully saturated rings. The number of nitrogens with one attached hydrogen (secondary N) is 1. The maximum Gasteiger partial charge on any atom is 0.203 e. The molecule has 0 aliphatic rings. The number of rotatable bonds is 6. The number of nitrogens with two attached hydrogens (primary N) is 1. The molecule has 136 valence electrons. The van der Waals surface area contributed by atoms with E-state index in [1.165, 1.54) is 0 Å². The van der Waals surface area contributed by atoms with E-state index in [0.717, 1.165) is 11.1 Å². The summed E-state index contributed by atoms with van der Waals surface area (Å²) in [5.74, 6) is 2.23. The summed E-state index contributed by atoms with van der Waals surface area (Å²) in [7, 11) is 6.27. The molecule has 0 saturated carbocycles. The molecule has 0 unspecified atom stereocenters. The Hall–Kier alpha value is -3.42. The second-order valence-corrected chi connectivity index (χ2v) is 5.39. The fraction of sp³-hybridized carbons (Fsp3) is 0.222. The fourth-order valence-corrected chi connectivity index (χ4v) is 2.72. The van der Waals surface area contributed by atoms with E-state index >= 15 is 0 Å². The number of H-pyrrole nitrogens is 1. The van der Waals surface area contributed by atoms with E-state index in [2.05, 4.69) is 15.4 Å². The van der Waals surface area contributed by atoms with Crippen LogP contribution in [0.4, 0.5) is 5.69 Å². The molecule has 1 heterocycles. The highest BCUT2D eigenvalue weighted by Gasteiger charge is 2.20. The third-order valence-electron chi connectivity index (χ3n) is 4.00. The zero-order valence-electron chi connectivity index (χ0n) is 15.0. The summed E-state index contributed by atoms with van der Waals surface area (Å²) < 4.78 is 21.4. The molecular weight excluding hydrogens is 336 g/mol. The maximum atomic E-state index is 6.16. The average Bonchev–Trinajstić information content (AvgIpc) is 3.15. The molecule has 0 spiro atoms. The van der Waals surface area contributed by atoms with Crippen molar-refractivity contribution in [2.75, 3.05) is 34.2 Å². The van der Waals surface area contributed by atoms with Gasteiger partial charge >= 0.3 is 0 Å². The van der Waals surface area contributed by atoms with Gasteiger partial charge in [-0.15, -0.1) is 0 Å². The molecule has 1 aromatic heterocycles. The van der Waals surface area contributed by atoms with Gasteiger partial charge in [-0.1, -0.05) is 0 Å². The first-order chi connectivity index (χ1) is 12.6. The van der Waals surface area contributed by atoms with Gasteiger partial charge in [0.25, 0.3) is 0 Å². The van der Waals surface area contributed by atoms with E-state index < -0.39 is 0 Å². The highest BCUT2D eigenvalue weighted by atomic mass is 16.5. The van der Waals surface area contributed by atoms with Gasteiger partial charge in [0, 0.05) is 22.9 Å². The number of nitrogen functional groups attached to an aromatic ring is 1. The van der Waals surface area contributed by atoms with Gasteiger partial charge in [0.1, 0.15) is 17.1 Å². The molecule has 0 aliphatic heterocycles. The monoisotopic (exact) mass is 356 g/mol. The summed E-state index contributed by atoms with van der Waals surface area (Å²) in [5, 5.41) is 11.2. The highest BCUT2D eigenvalue weighted by Crippen LogP contribution is 2.42. The van der Waals surface area contributed by atoms with Crippen molar-refractivity contribution in [3.8, 4) is 45.5 Å². The molecule has 2 aromatic carbocycles. The van der Waals surface area contributed by atoms with Crippen molar-refractivity contribution in [1.29, 1.82) is 0 Å². The van der Waals surface area contributed by atoms with Crippen LogP contribution < -0.4 is 24.7 Å². The smallest absolute Gasteiger partial charge is 0.203 e. The molecule has 0 radical (unpaired) electrons. The summed E-state index contributed by atoms with van der Waals surface area (Å²) in [4.78, 5) is 0. The Bertz CT molecular complexity index is 898. The van der Waals surface area contributed by atoms with Crippen LogP contribution in [0.1, 0.15) is 0 Å². The predicted molar refractivity (Wildman–Crippen MR) is 97.9 cm³/mol. The fourth-order valence-electron chi connectivity index (χ4n) is 2.72. The van der Waals surface area contributed by atoms with Crippen LogP contribution in [-0.2, 0) is 0 Å². The first kappa shape index (κ1) is 17.4. The van der Waals surface area contributed by atoms with Crippen molar-refractivity contribution in [2.45, 2.75) is 0 Å². The Balaban J connectivity index is 2.15. The van der Waals surface area contributed by atoms with Crippen LogP contribution in [0.2, 0.25) is 0 Å². The third kappa shape index (κ3) is 2.97. The Morgan fingerprint density at radius 1 is 0.808 bits per heavy atom. The minimum absolute atomic E-state index is 0.507. The number of benzene rings is 2. The summed E-state index contributed by atoms with van der Waals surface area (Å²) >= 11 is 0. The van der Waals surface area contributed by atoms with Gasteiger partial charge in [-0.2, -0.15) is 15.4 Å². The van der Waals surface area contributed by atoms with Crippen molar-refractivity contribution < 1.29 is 18.9 Å². The molecule has 3 rings (SSSR count). The lowest BCUT2D eigenvalue weighted by molar-refractivity contribution is 0.324. The molecular formula is C18H20N4O4. The van der Waals surface area contributed by atoms with E-state index in [1.807, 2.05) is 24.3 Å². The van der Waals surface area contributed by atoms with Gasteiger partial charge in [0.15, 0.2) is 11.5 Å². The van der Waals surface area contributed by atoms with Crippen molar-refractivity contribution in [3.05, 3.63) is 30.3 Å². The summed E-state index contributed by atoms with van der Waals surface area (Å²) in [6, 6.07) is 9.01. The molecule has 0 amide bonds. The van der Waals surface area contributed by atoms with Crippen molar-refractivity contribution in [1.82, 2.24) is 15.4 Å². The van der Waals surface area contributed by atoms with Crippen LogP contribution in [-0.4, -0.2) is 43.8 Å². The van der Waals surface area contributed by atoms with Crippen LogP contribution in [0.25, 0.3) is 22.5 Å². The summed E-state index contributed by atoms with van der Waals surface area (Å²) in [5.41, 5.74) is 9.41. The second kappa shape index (κ2) is 7.22. The lowest BCUT2D eigenvalue weighted by Gasteiger charge is -2.14. The first-order valence-corrected chi connectivity index (χ1v) is 7.78. The molecule has 26 heavy (non-hydrogen) atoms. The molecule has 0 bridgehead atoms. The van der Waals surface area contributed by atoms with E-state index in [-0.39, 0.29) is 0 Å². The zero-order chi connectivity index (χ0) is 18.7. The number of hydrogen-bond acceptors (Lipinski definition) is 7.